The summed E-state index contributed by atoms with van der Waals surface area (Å²) in [4.78, 5) is 10.1. The predicted octanol–water partition coefficient (Wildman–Crippen LogP) is 2.00. The van der Waals surface area contributed by atoms with Crippen LogP contribution in [-0.2, 0) is 4.79 Å². The van der Waals surface area contributed by atoms with Crippen molar-refractivity contribution in [2.24, 2.45) is 11.8 Å². The van der Waals surface area contributed by atoms with Gasteiger partial charge in [-0.2, -0.15) is 0 Å². The Morgan fingerprint density at radius 3 is 2.00 bits per heavy atom. The maximum Gasteiger partial charge on any atom is 0.303 e. The Labute approximate surface area is 64.2 Å². The molecule has 0 aliphatic heterocycles. The van der Waals surface area contributed by atoms with E-state index in [-0.39, 0.29) is 5.92 Å². The molecule has 1 atom stereocenters. The molecule has 0 fully saturated rings. The topological polar surface area (TPSA) is 37.3 Å². The number of carboxylic acid groups (broad SMARTS) is 1. The maximum atomic E-state index is 12.0. The standard InChI is InChI=1S/C7H12F2O2/c1-4(2)5(7(8)9)3-6(10)11/h4-5,7H,3H2,1-2H3,(H,10,11). The van der Waals surface area contributed by atoms with Gasteiger partial charge in [0.1, 0.15) is 0 Å². The van der Waals surface area contributed by atoms with E-state index in [1.807, 2.05) is 0 Å². The molecule has 2 nitrogen and oxygen atoms in total. The summed E-state index contributed by atoms with van der Waals surface area (Å²) < 4.78 is 24.1. The average Bonchev–Trinajstić information content (AvgIpc) is 1.81. The Bertz CT molecular complexity index is 126. The lowest BCUT2D eigenvalue weighted by atomic mass is 9.93. The number of rotatable bonds is 4. The number of halogens is 2. The van der Waals surface area contributed by atoms with Crippen molar-refractivity contribution in [3.63, 3.8) is 0 Å². The SMILES string of the molecule is CC(C)C(CC(=O)O)C(F)F. The molecule has 0 aliphatic rings. The zero-order valence-corrected chi connectivity index (χ0v) is 6.55. The van der Waals surface area contributed by atoms with Crippen LogP contribution in [0.25, 0.3) is 0 Å². The molecule has 0 saturated carbocycles. The van der Waals surface area contributed by atoms with Gasteiger partial charge in [0.2, 0.25) is 6.43 Å². The van der Waals surface area contributed by atoms with Gasteiger partial charge >= 0.3 is 5.97 Å². The highest BCUT2D eigenvalue weighted by atomic mass is 19.3. The van der Waals surface area contributed by atoms with E-state index >= 15 is 0 Å². The number of carbonyl (C=O) groups is 1. The van der Waals surface area contributed by atoms with E-state index in [2.05, 4.69) is 0 Å². The summed E-state index contributed by atoms with van der Waals surface area (Å²) in [6.07, 6.45) is -2.99. The first-order valence-corrected chi connectivity index (χ1v) is 3.45. The Morgan fingerprint density at radius 1 is 1.45 bits per heavy atom. The van der Waals surface area contributed by atoms with E-state index < -0.39 is 24.7 Å². The smallest absolute Gasteiger partial charge is 0.303 e. The lowest BCUT2D eigenvalue weighted by Crippen LogP contribution is -2.21. The fourth-order valence-electron chi connectivity index (χ4n) is 0.817. The molecular formula is C7H12F2O2. The quantitative estimate of drug-likeness (QED) is 0.693. The minimum absolute atomic E-state index is 0.286. The summed E-state index contributed by atoms with van der Waals surface area (Å²) in [5, 5.41) is 8.25. The van der Waals surface area contributed by atoms with Crippen molar-refractivity contribution >= 4 is 5.97 Å². The normalized spacial score (nSPS) is 14.0. The molecule has 1 N–H and O–H groups in total. The van der Waals surface area contributed by atoms with Gasteiger partial charge in [0.25, 0.3) is 0 Å². The van der Waals surface area contributed by atoms with Crippen LogP contribution >= 0.6 is 0 Å². The minimum Gasteiger partial charge on any atom is -0.481 e. The summed E-state index contributed by atoms with van der Waals surface area (Å²) in [5.41, 5.74) is 0. The van der Waals surface area contributed by atoms with Crippen molar-refractivity contribution in [3.05, 3.63) is 0 Å². The molecule has 0 aromatic rings. The molecule has 0 saturated heterocycles. The summed E-state index contributed by atoms with van der Waals surface area (Å²) in [6.45, 7) is 3.19. The Balaban J connectivity index is 4.00. The van der Waals surface area contributed by atoms with Crippen LogP contribution in [0.4, 0.5) is 8.78 Å². The number of aliphatic carboxylic acids is 1. The molecule has 4 heteroatoms. The summed E-state index contributed by atoms with van der Waals surface area (Å²) in [7, 11) is 0. The molecule has 0 rings (SSSR count). The molecule has 0 bridgehead atoms. The highest BCUT2D eigenvalue weighted by molar-refractivity contribution is 5.67. The van der Waals surface area contributed by atoms with Gasteiger partial charge in [0.15, 0.2) is 0 Å². The Morgan fingerprint density at radius 2 is 1.91 bits per heavy atom. The van der Waals surface area contributed by atoms with Crippen LogP contribution in [-0.4, -0.2) is 17.5 Å². The van der Waals surface area contributed by atoms with Gasteiger partial charge in [-0.1, -0.05) is 13.8 Å². The van der Waals surface area contributed by atoms with Crippen LogP contribution in [0.5, 0.6) is 0 Å². The van der Waals surface area contributed by atoms with Crippen LogP contribution < -0.4 is 0 Å². The van der Waals surface area contributed by atoms with E-state index in [1.54, 1.807) is 13.8 Å². The van der Waals surface area contributed by atoms with E-state index in [0.717, 1.165) is 0 Å². The molecule has 0 heterocycles. The van der Waals surface area contributed by atoms with E-state index in [9.17, 15) is 13.6 Å². The summed E-state index contributed by atoms with van der Waals surface area (Å²) in [6, 6.07) is 0. The Hall–Kier alpha value is -0.670. The second-order valence-corrected chi connectivity index (χ2v) is 2.84. The van der Waals surface area contributed by atoms with Crippen LogP contribution in [0.15, 0.2) is 0 Å². The van der Waals surface area contributed by atoms with E-state index in [0.29, 0.717) is 0 Å². The first kappa shape index (κ1) is 10.3. The maximum absolute atomic E-state index is 12.0. The number of alkyl halides is 2. The first-order valence-electron chi connectivity index (χ1n) is 3.45. The number of carboxylic acids is 1. The number of hydrogen-bond acceptors (Lipinski definition) is 1. The van der Waals surface area contributed by atoms with Crippen LogP contribution in [0.2, 0.25) is 0 Å². The summed E-state index contributed by atoms with van der Waals surface area (Å²) in [5.74, 6) is -2.47. The van der Waals surface area contributed by atoms with Crippen molar-refractivity contribution in [2.75, 3.05) is 0 Å². The molecule has 66 valence electrons. The molecule has 0 amide bonds. The fraction of sp³-hybridized carbons (Fsp3) is 0.857. The van der Waals surface area contributed by atoms with Gasteiger partial charge in [-0.15, -0.1) is 0 Å². The average molecular weight is 166 g/mol. The second kappa shape index (κ2) is 4.26. The van der Waals surface area contributed by atoms with Crippen LogP contribution in [0.3, 0.4) is 0 Å². The van der Waals surface area contributed by atoms with Crippen LogP contribution in [0, 0.1) is 11.8 Å². The zero-order valence-electron chi connectivity index (χ0n) is 6.55. The van der Waals surface area contributed by atoms with Gasteiger partial charge in [-0.05, 0) is 5.92 Å². The van der Waals surface area contributed by atoms with Gasteiger partial charge in [0, 0.05) is 5.92 Å². The van der Waals surface area contributed by atoms with Crippen molar-refractivity contribution in [2.45, 2.75) is 26.7 Å². The van der Waals surface area contributed by atoms with Gasteiger partial charge < -0.3 is 5.11 Å². The van der Waals surface area contributed by atoms with Gasteiger partial charge in [-0.3, -0.25) is 4.79 Å². The summed E-state index contributed by atoms with van der Waals surface area (Å²) >= 11 is 0. The molecule has 0 spiro atoms. The van der Waals surface area contributed by atoms with Crippen molar-refractivity contribution in [3.8, 4) is 0 Å². The second-order valence-electron chi connectivity index (χ2n) is 2.84. The van der Waals surface area contributed by atoms with Gasteiger partial charge in [-0.25, -0.2) is 8.78 Å². The highest BCUT2D eigenvalue weighted by Crippen LogP contribution is 2.22. The fourth-order valence-corrected chi connectivity index (χ4v) is 0.817. The monoisotopic (exact) mass is 166 g/mol. The molecule has 0 aromatic heterocycles. The lowest BCUT2D eigenvalue weighted by Gasteiger charge is -2.16. The largest absolute Gasteiger partial charge is 0.481 e. The molecule has 1 unspecified atom stereocenters. The van der Waals surface area contributed by atoms with Crippen molar-refractivity contribution in [1.82, 2.24) is 0 Å². The van der Waals surface area contributed by atoms with Crippen molar-refractivity contribution < 1.29 is 18.7 Å². The zero-order chi connectivity index (χ0) is 9.02. The van der Waals surface area contributed by atoms with Gasteiger partial charge in [0.05, 0.1) is 6.42 Å². The third kappa shape index (κ3) is 3.91. The third-order valence-corrected chi connectivity index (χ3v) is 1.59. The lowest BCUT2D eigenvalue weighted by molar-refractivity contribution is -0.140. The number of hydrogen-bond donors (Lipinski definition) is 1. The first-order chi connectivity index (χ1) is 4.95. The third-order valence-electron chi connectivity index (χ3n) is 1.59. The predicted molar refractivity (Wildman–Crippen MR) is 36.6 cm³/mol. The molecule has 11 heavy (non-hydrogen) atoms. The van der Waals surface area contributed by atoms with Crippen molar-refractivity contribution in [1.29, 1.82) is 0 Å². The highest BCUT2D eigenvalue weighted by Gasteiger charge is 2.26. The van der Waals surface area contributed by atoms with E-state index in [4.69, 9.17) is 5.11 Å². The van der Waals surface area contributed by atoms with Crippen LogP contribution in [0.1, 0.15) is 20.3 Å². The van der Waals surface area contributed by atoms with E-state index in [1.165, 1.54) is 0 Å². The molecule has 0 aliphatic carbocycles. The Kier molecular flexibility index (Phi) is 4.00. The minimum atomic E-state index is -2.54. The molecule has 0 aromatic carbocycles. The molecule has 0 radical (unpaired) electrons. The molecular weight excluding hydrogens is 154 g/mol.